The average molecular weight is 361 g/mol. The van der Waals surface area contributed by atoms with Gasteiger partial charge in [0.1, 0.15) is 11.2 Å². The molecule has 1 aromatic rings. The number of carbonyl (C=O) groups is 2. The Balaban J connectivity index is 2.07. The predicted octanol–water partition coefficient (Wildman–Crippen LogP) is 2.60. The summed E-state index contributed by atoms with van der Waals surface area (Å²) in [4.78, 5) is 29.9. The lowest BCUT2D eigenvalue weighted by atomic mass is 9.89. The Bertz CT molecular complexity index is 635. The topological polar surface area (TPSA) is 61.9 Å². The number of likely N-dealkylation sites (N-methyl/N-ethyl adjacent to an activating group) is 1. The van der Waals surface area contributed by atoms with E-state index in [1.165, 1.54) is 0 Å². The second kappa shape index (κ2) is 8.54. The molecule has 2 amide bonds. The molecule has 0 radical (unpaired) electrons. The summed E-state index contributed by atoms with van der Waals surface area (Å²) in [6.45, 7) is 13.4. The number of hydrogen-bond acceptors (Lipinski definition) is 4. The van der Waals surface area contributed by atoms with Crippen molar-refractivity contribution in [1.82, 2.24) is 9.80 Å². The molecule has 0 aromatic heterocycles. The van der Waals surface area contributed by atoms with Crippen LogP contribution in [0.1, 0.15) is 34.6 Å². The first-order valence-corrected chi connectivity index (χ1v) is 9.34. The molecule has 0 saturated carbocycles. The maximum absolute atomic E-state index is 12.9. The van der Waals surface area contributed by atoms with Crippen LogP contribution in [0, 0.1) is 5.41 Å². The number of ether oxygens (including phenoxy) is 1. The van der Waals surface area contributed by atoms with Crippen molar-refractivity contribution in [2.24, 2.45) is 5.41 Å². The third-order valence-electron chi connectivity index (χ3n) is 4.71. The molecule has 0 unspecified atom stereocenters. The molecule has 1 heterocycles. The first kappa shape index (κ1) is 20.2. The summed E-state index contributed by atoms with van der Waals surface area (Å²) >= 11 is 0. The van der Waals surface area contributed by atoms with E-state index in [-0.39, 0.29) is 17.9 Å². The van der Waals surface area contributed by atoms with Crippen molar-refractivity contribution in [2.45, 2.75) is 40.7 Å². The van der Waals surface area contributed by atoms with Gasteiger partial charge in [0.25, 0.3) is 0 Å². The number of benzene rings is 1. The summed E-state index contributed by atoms with van der Waals surface area (Å²) in [7, 11) is 0. The van der Waals surface area contributed by atoms with Gasteiger partial charge >= 0.3 is 0 Å². The van der Waals surface area contributed by atoms with Crippen LogP contribution in [0.2, 0.25) is 0 Å². The normalized spacial score (nSPS) is 15.8. The summed E-state index contributed by atoms with van der Waals surface area (Å²) in [6, 6.07) is 7.29. The molecule has 0 aliphatic carbocycles. The van der Waals surface area contributed by atoms with Gasteiger partial charge in [-0.25, -0.2) is 0 Å². The predicted molar refractivity (Wildman–Crippen MR) is 103 cm³/mol. The van der Waals surface area contributed by atoms with Crippen molar-refractivity contribution in [2.75, 3.05) is 38.0 Å². The van der Waals surface area contributed by atoms with E-state index in [1.807, 2.05) is 32.0 Å². The molecule has 1 fully saturated rings. The second-order valence-electron chi connectivity index (χ2n) is 7.47. The van der Waals surface area contributed by atoms with E-state index in [2.05, 4.69) is 17.1 Å². The molecule has 1 aliphatic heterocycles. The Morgan fingerprint density at radius 3 is 2.35 bits per heavy atom. The van der Waals surface area contributed by atoms with Gasteiger partial charge in [-0.05, 0) is 46.4 Å². The van der Waals surface area contributed by atoms with E-state index in [1.54, 1.807) is 24.8 Å². The summed E-state index contributed by atoms with van der Waals surface area (Å²) < 4.78 is 5.74. The van der Waals surface area contributed by atoms with Crippen LogP contribution < -0.4 is 10.1 Å². The van der Waals surface area contributed by atoms with Crippen LogP contribution in [-0.4, -0.2) is 60.4 Å². The Kier molecular flexibility index (Phi) is 6.64. The van der Waals surface area contributed by atoms with Crippen molar-refractivity contribution in [3.63, 3.8) is 0 Å². The van der Waals surface area contributed by atoms with Crippen molar-refractivity contribution >= 4 is 17.5 Å². The first-order valence-electron chi connectivity index (χ1n) is 9.34. The van der Waals surface area contributed by atoms with Gasteiger partial charge in [-0.3, -0.25) is 9.59 Å². The first-order chi connectivity index (χ1) is 12.3. The monoisotopic (exact) mass is 361 g/mol. The smallest absolute Gasteiger partial charge is 0.239 e. The van der Waals surface area contributed by atoms with Crippen LogP contribution in [0.15, 0.2) is 24.3 Å². The SMILES string of the molecule is CCN1CCN(C(=O)C(C)(C)C(=O)Nc2ccccc2OC(C)C)CC1. The number of nitrogens with zero attached hydrogens (tertiary/aromatic N) is 2. The lowest BCUT2D eigenvalue weighted by molar-refractivity contribution is -0.147. The molecule has 1 saturated heterocycles. The van der Waals surface area contributed by atoms with Gasteiger partial charge in [0.2, 0.25) is 11.8 Å². The van der Waals surface area contributed by atoms with Crippen molar-refractivity contribution in [3.05, 3.63) is 24.3 Å². The zero-order chi connectivity index (χ0) is 19.3. The lowest BCUT2D eigenvalue weighted by Gasteiger charge is -2.37. The molecule has 144 valence electrons. The number of hydrogen-bond donors (Lipinski definition) is 1. The number of nitrogens with one attached hydrogen (secondary N) is 1. The summed E-state index contributed by atoms with van der Waals surface area (Å²) in [5, 5.41) is 2.87. The van der Waals surface area contributed by atoms with Gasteiger partial charge in [-0.2, -0.15) is 0 Å². The van der Waals surface area contributed by atoms with Crippen molar-refractivity contribution < 1.29 is 14.3 Å². The number of para-hydroxylation sites is 2. The molecule has 1 aliphatic rings. The maximum Gasteiger partial charge on any atom is 0.239 e. The van der Waals surface area contributed by atoms with E-state index in [9.17, 15) is 9.59 Å². The Labute approximate surface area is 156 Å². The van der Waals surface area contributed by atoms with Gasteiger partial charge in [0.15, 0.2) is 0 Å². The minimum Gasteiger partial charge on any atom is -0.489 e. The number of carbonyl (C=O) groups excluding carboxylic acids is 2. The standard InChI is InChI=1S/C20H31N3O3/c1-6-22-11-13-23(14-12-22)19(25)20(4,5)18(24)21-16-9-7-8-10-17(16)26-15(2)3/h7-10,15H,6,11-14H2,1-5H3,(H,21,24). The van der Waals surface area contributed by atoms with Gasteiger partial charge in [0, 0.05) is 26.2 Å². The van der Waals surface area contributed by atoms with E-state index in [0.29, 0.717) is 24.5 Å². The molecule has 1 aromatic carbocycles. The highest BCUT2D eigenvalue weighted by atomic mass is 16.5. The Morgan fingerprint density at radius 2 is 1.77 bits per heavy atom. The lowest BCUT2D eigenvalue weighted by Crippen LogP contribution is -2.54. The van der Waals surface area contributed by atoms with Crippen LogP contribution in [0.3, 0.4) is 0 Å². The zero-order valence-corrected chi connectivity index (χ0v) is 16.5. The third-order valence-corrected chi connectivity index (χ3v) is 4.71. The fourth-order valence-corrected chi connectivity index (χ4v) is 2.96. The molecule has 1 N–H and O–H groups in total. The van der Waals surface area contributed by atoms with Gasteiger partial charge in [-0.1, -0.05) is 19.1 Å². The summed E-state index contributed by atoms with van der Waals surface area (Å²) in [6.07, 6.45) is -0.00226. The molecule has 6 nitrogen and oxygen atoms in total. The van der Waals surface area contributed by atoms with Crippen LogP contribution in [0.25, 0.3) is 0 Å². The average Bonchev–Trinajstić information content (AvgIpc) is 2.62. The molecule has 26 heavy (non-hydrogen) atoms. The zero-order valence-electron chi connectivity index (χ0n) is 16.5. The highest BCUT2D eigenvalue weighted by molar-refractivity contribution is 6.10. The van der Waals surface area contributed by atoms with Crippen LogP contribution >= 0.6 is 0 Å². The fraction of sp³-hybridized carbons (Fsp3) is 0.600. The van der Waals surface area contributed by atoms with Gasteiger partial charge in [-0.15, -0.1) is 0 Å². The Morgan fingerprint density at radius 1 is 1.15 bits per heavy atom. The van der Waals surface area contributed by atoms with Gasteiger partial charge < -0.3 is 19.9 Å². The van der Waals surface area contributed by atoms with Crippen molar-refractivity contribution in [3.8, 4) is 5.75 Å². The van der Waals surface area contributed by atoms with E-state index in [0.717, 1.165) is 19.6 Å². The van der Waals surface area contributed by atoms with E-state index < -0.39 is 5.41 Å². The largest absolute Gasteiger partial charge is 0.489 e. The summed E-state index contributed by atoms with van der Waals surface area (Å²) in [5.41, 5.74) is -0.554. The molecule has 6 heteroatoms. The quantitative estimate of drug-likeness (QED) is 0.791. The van der Waals surface area contributed by atoms with Crippen LogP contribution in [0.5, 0.6) is 5.75 Å². The molecule has 2 rings (SSSR count). The minimum absolute atomic E-state index is 0.00226. The van der Waals surface area contributed by atoms with E-state index >= 15 is 0 Å². The highest BCUT2D eigenvalue weighted by Crippen LogP contribution is 2.28. The number of piperazine rings is 1. The van der Waals surface area contributed by atoms with E-state index in [4.69, 9.17) is 4.74 Å². The number of anilines is 1. The Hall–Kier alpha value is -2.08. The number of amides is 2. The fourth-order valence-electron chi connectivity index (χ4n) is 2.96. The molecule has 0 bridgehead atoms. The second-order valence-corrected chi connectivity index (χ2v) is 7.47. The molecular formula is C20H31N3O3. The molecular weight excluding hydrogens is 330 g/mol. The van der Waals surface area contributed by atoms with Crippen LogP contribution in [-0.2, 0) is 9.59 Å². The highest BCUT2D eigenvalue weighted by Gasteiger charge is 2.40. The minimum atomic E-state index is -1.14. The molecule has 0 spiro atoms. The van der Waals surface area contributed by atoms with Crippen molar-refractivity contribution in [1.29, 1.82) is 0 Å². The van der Waals surface area contributed by atoms with Gasteiger partial charge in [0.05, 0.1) is 11.8 Å². The van der Waals surface area contributed by atoms with Crippen LogP contribution in [0.4, 0.5) is 5.69 Å². The summed E-state index contributed by atoms with van der Waals surface area (Å²) in [5.74, 6) is 0.156. The molecule has 0 atom stereocenters. The maximum atomic E-state index is 12.9. The number of rotatable bonds is 6. The third kappa shape index (κ3) is 4.75.